The van der Waals surface area contributed by atoms with Crippen LogP contribution >= 0.6 is 12.6 Å². The maximum atomic E-state index is 14.7. The topological polar surface area (TPSA) is 65.6 Å². The van der Waals surface area contributed by atoms with Gasteiger partial charge in [-0.3, -0.25) is 19.4 Å². The molecule has 1 aromatic carbocycles. The molecule has 0 N–H and O–H groups in total. The average molecular weight is 430 g/mol. The number of ether oxygens (including phenoxy) is 1. The van der Waals surface area contributed by atoms with Crippen LogP contribution in [-0.4, -0.2) is 87.0 Å². The van der Waals surface area contributed by atoms with Gasteiger partial charge in [0.25, 0.3) is 0 Å². The van der Waals surface area contributed by atoms with Crippen molar-refractivity contribution in [2.75, 3.05) is 69.4 Å². The van der Waals surface area contributed by atoms with Crippen LogP contribution in [0.1, 0.15) is 0 Å². The summed E-state index contributed by atoms with van der Waals surface area (Å²) in [5.41, 5.74) is 0.837. The van der Waals surface area contributed by atoms with E-state index in [1.807, 2.05) is 9.80 Å². The number of carbonyl (C=O) groups is 2. The summed E-state index contributed by atoms with van der Waals surface area (Å²) >= 11 is 3.62. The lowest BCUT2D eigenvalue weighted by molar-refractivity contribution is -0.113. The number of amides is 2. The van der Waals surface area contributed by atoms with Crippen molar-refractivity contribution >= 4 is 35.3 Å². The van der Waals surface area contributed by atoms with Crippen LogP contribution in [0.2, 0.25) is 0 Å². The second-order valence-electron chi connectivity index (χ2n) is 6.85. The summed E-state index contributed by atoms with van der Waals surface area (Å²) < 4.78 is 32.4. The fourth-order valence-electron chi connectivity index (χ4n) is 3.32. The first-order valence-electron chi connectivity index (χ1n) is 9.29. The van der Waals surface area contributed by atoms with Gasteiger partial charge in [0.1, 0.15) is 25.2 Å². The van der Waals surface area contributed by atoms with Crippen LogP contribution in [0.4, 0.5) is 29.7 Å². The van der Waals surface area contributed by atoms with Gasteiger partial charge >= 0.3 is 11.3 Å². The van der Waals surface area contributed by atoms with E-state index in [9.17, 15) is 18.4 Å². The Morgan fingerprint density at radius 1 is 1.34 bits per heavy atom. The third-order valence-corrected chi connectivity index (χ3v) is 5.24. The minimum atomic E-state index is -0.606. The van der Waals surface area contributed by atoms with Crippen molar-refractivity contribution in [3.05, 3.63) is 24.0 Å². The molecule has 0 aliphatic carbocycles. The summed E-state index contributed by atoms with van der Waals surface area (Å²) in [7, 11) is 1.40. The standard InChI is InChI=1S/C18H24F2N4O4S/c1-21(18(26)29)27-12-14-11-24(17(25)28-14)13-2-3-16(15(20)10-13)23-8-6-22(5-4-19)7-9-23/h2-3,10,14H,4-9,11-12H2,1H3,(H,26,29)/t14-/m0/s1. The minimum Gasteiger partial charge on any atom is -0.441 e. The first kappa shape index (κ1) is 21.6. The molecule has 0 spiro atoms. The summed E-state index contributed by atoms with van der Waals surface area (Å²) in [6.45, 7) is 2.74. The molecule has 11 heteroatoms. The predicted molar refractivity (Wildman–Crippen MR) is 107 cm³/mol. The van der Waals surface area contributed by atoms with Crippen LogP contribution in [0, 0.1) is 5.82 Å². The molecule has 0 unspecified atom stereocenters. The number of benzene rings is 1. The highest BCUT2D eigenvalue weighted by molar-refractivity contribution is 7.96. The first-order chi connectivity index (χ1) is 13.9. The second-order valence-corrected chi connectivity index (χ2v) is 7.23. The molecule has 3 rings (SSSR count). The number of halogens is 2. The number of carbonyl (C=O) groups excluding carboxylic acids is 2. The Bertz CT molecular complexity index is 749. The summed E-state index contributed by atoms with van der Waals surface area (Å²) in [5, 5.41) is 0.357. The average Bonchev–Trinajstić information content (AvgIpc) is 3.07. The lowest BCUT2D eigenvalue weighted by Gasteiger charge is -2.35. The van der Waals surface area contributed by atoms with E-state index in [0.29, 0.717) is 44.1 Å². The molecule has 2 aliphatic rings. The predicted octanol–water partition coefficient (Wildman–Crippen LogP) is 2.16. The van der Waals surface area contributed by atoms with E-state index in [2.05, 4.69) is 12.6 Å². The normalized spacial score (nSPS) is 20.1. The molecule has 29 heavy (non-hydrogen) atoms. The molecule has 0 radical (unpaired) electrons. The quantitative estimate of drug-likeness (QED) is 0.528. The second kappa shape index (κ2) is 9.59. The molecular weight excluding hydrogens is 406 g/mol. The van der Waals surface area contributed by atoms with E-state index in [1.54, 1.807) is 12.1 Å². The number of alkyl halides is 1. The third-order valence-electron chi connectivity index (χ3n) is 4.95. The molecule has 2 heterocycles. The van der Waals surface area contributed by atoms with Gasteiger partial charge < -0.3 is 9.64 Å². The fourth-order valence-corrected chi connectivity index (χ4v) is 3.38. The Morgan fingerprint density at radius 3 is 2.69 bits per heavy atom. The molecule has 2 amide bonds. The van der Waals surface area contributed by atoms with Crippen LogP contribution in [-0.2, 0) is 9.57 Å². The molecular formula is C18H24F2N4O4S. The molecule has 1 aromatic rings. The van der Waals surface area contributed by atoms with E-state index < -0.39 is 23.3 Å². The molecule has 0 saturated carbocycles. The minimum absolute atomic E-state index is 0.0191. The Balaban J connectivity index is 1.60. The lowest BCUT2D eigenvalue weighted by Crippen LogP contribution is -2.47. The summed E-state index contributed by atoms with van der Waals surface area (Å²) in [6, 6.07) is 4.61. The van der Waals surface area contributed by atoms with Gasteiger partial charge in [-0.15, -0.1) is 0 Å². The van der Waals surface area contributed by atoms with Crippen molar-refractivity contribution in [1.29, 1.82) is 0 Å². The molecule has 2 aliphatic heterocycles. The van der Waals surface area contributed by atoms with Crippen molar-refractivity contribution in [2.45, 2.75) is 6.10 Å². The molecule has 0 aromatic heterocycles. The summed E-state index contributed by atoms with van der Waals surface area (Å²) in [6.07, 6.45) is -1.20. The zero-order valence-corrected chi connectivity index (χ0v) is 17.0. The first-order valence-corrected chi connectivity index (χ1v) is 9.74. The van der Waals surface area contributed by atoms with Gasteiger partial charge in [0, 0.05) is 39.8 Å². The molecule has 0 bridgehead atoms. The number of hydroxylamine groups is 2. The van der Waals surface area contributed by atoms with Crippen LogP contribution < -0.4 is 9.80 Å². The van der Waals surface area contributed by atoms with Crippen LogP contribution in [0.25, 0.3) is 0 Å². The van der Waals surface area contributed by atoms with Gasteiger partial charge in [0.05, 0.1) is 17.9 Å². The molecule has 1 atom stereocenters. The van der Waals surface area contributed by atoms with Crippen molar-refractivity contribution in [3.63, 3.8) is 0 Å². The van der Waals surface area contributed by atoms with Crippen LogP contribution in [0.5, 0.6) is 0 Å². The van der Waals surface area contributed by atoms with E-state index >= 15 is 0 Å². The van der Waals surface area contributed by atoms with Gasteiger partial charge in [-0.25, -0.2) is 18.6 Å². The van der Waals surface area contributed by atoms with E-state index in [4.69, 9.17) is 9.57 Å². The number of hydrogen-bond donors (Lipinski definition) is 1. The molecule has 160 valence electrons. The fraction of sp³-hybridized carbons (Fsp3) is 0.556. The van der Waals surface area contributed by atoms with Crippen LogP contribution in [0.15, 0.2) is 18.2 Å². The number of thiol groups is 1. The van der Waals surface area contributed by atoms with Crippen molar-refractivity contribution in [2.24, 2.45) is 0 Å². The SMILES string of the molecule is CN(OC[C@@H]1CN(c2ccc(N3CCN(CCF)CC3)c(F)c2)C(=O)O1)C(=O)S. The zero-order chi connectivity index (χ0) is 21.0. The number of rotatable bonds is 7. The van der Waals surface area contributed by atoms with Crippen molar-refractivity contribution < 1.29 is 27.9 Å². The van der Waals surface area contributed by atoms with E-state index in [0.717, 1.165) is 5.06 Å². The Hall–Kier alpha value is -2.11. The van der Waals surface area contributed by atoms with Gasteiger partial charge in [-0.05, 0) is 18.2 Å². The highest BCUT2D eigenvalue weighted by atomic mass is 32.1. The Morgan fingerprint density at radius 2 is 2.07 bits per heavy atom. The van der Waals surface area contributed by atoms with Crippen molar-refractivity contribution in [3.8, 4) is 0 Å². The number of piperazine rings is 1. The number of nitrogens with zero attached hydrogens (tertiary/aromatic N) is 4. The number of hydrogen-bond acceptors (Lipinski definition) is 6. The molecule has 8 nitrogen and oxygen atoms in total. The summed E-state index contributed by atoms with van der Waals surface area (Å²) in [5.74, 6) is -0.436. The highest BCUT2D eigenvalue weighted by Gasteiger charge is 2.33. The van der Waals surface area contributed by atoms with E-state index in [-0.39, 0.29) is 19.8 Å². The Kier molecular flexibility index (Phi) is 7.14. The van der Waals surface area contributed by atoms with Gasteiger partial charge in [0.15, 0.2) is 0 Å². The van der Waals surface area contributed by atoms with Crippen molar-refractivity contribution in [1.82, 2.24) is 9.96 Å². The smallest absolute Gasteiger partial charge is 0.414 e. The molecule has 2 fully saturated rings. The summed E-state index contributed by atoms with van der Waals surface area (Å²) in [4.78, 5) is 33.6. The number of anilines is 2. The highest BCUT2D eigenvalue weighted by Crippen LogP contribution is 2.28. The largest absolute Gasteiger partial charge is 0.441 e. The maximum absolute atomic E-state index is 14.7. The van der Waals surface area contributed by atoms with Gasteiger partial charge in [-0.1, -0.05) is 12.6 Å². The lowest BCUT2D eigenvalue weighted by atomic mass is 10.2. The van der Waals surface area contributed by atoms with Crippen LogP contribution in [0.3, 0.4) is 0 Å². The number of cyclic esters (lactones) is 1. The molecule has 2 saturated heterocycles. The third kappa shape index (κ3) is 5.28. The van der Waals surface area contributed by atoms with Gasteiger partial charge in [-0.2, -0.15) is 0 Å². The maximum Gasteiger partial charge on any atom is 0.414 e. The monoisotopic (exact) mass is 430 g/mol. The zero-order valence-electron chi connectivity index (χ0n) is 16.1. The Labute approximate surface area is 173 Å². The van der Waals surface area contributed by atoms with E-state index in [1.165, 1.54) is 18.0 Å². The van der Waals surface area contributed by atoms with Gasteiger partial charge in [0.2, 0.25) is 0 Å².